The minimum atomic E-state index is 0.487. The van der Waals surface area contributed by atoms with Gasteiger partial charge in [-0.3, -0.25) is 0 Å². The van der Waals surface area contributed by atoms with Crippen LogP contribution in [0.15, 0.2) is 18.9 Å². The van der Waals surface area contributed by atoms with E-state index in [1.807, 2.05) is 19.2 Å². The zero-order chi connectivity index (χ0) is 12.0. The quantitative estimate of drug-likeness (QED) is 0.741. The monoisotopic (exact) mass is 220 g/mol. The summed E-state index contributed by atoms with van der Waals surface area (Å²) in [5.41, 5.74) is 7.54. The van der Waals surface area contributed by atoms with Crippen LogP contribution in [-0.2, 0) is 6.54 Å². The van der Waals surface area contributed by atoms with E-state index in [0.717, 1.165) is 36.7 Å². The fraction of sp³-hybridized carbons (Fsp3) is 0.500. The summed E-state index contributed by atoms with van der Waals surface area (Å²) in [5.74, 6) is 0.761. The third kappa shape index (κ3) is 3.03. The Kier molecular flexibility index (Phi) is 4.92. The summed E-state index contributed by atoms with van der Waals surface area (Å²) < 4.78 is 0. The molecular weight excluding hydrogens is 200 g/mol. The first-order valence-corrected chi connectivity index (χ1v) is 5.61. The normalized spacial score (nSPS) is 10.2. The van der Waals surface area contributed by atoms with Gasteiger partial charge in [0.1, 0.15) is 0 Å². The molecule has 2 N–H and O–H groups in total. The van der Waals surface area contributed by atoms with Crippen molar-refractivity contribution in [2.75, 3.05) is 18.0 Å². The van der Waals surface area contributed by atoms with Crippen LogP contribution in [0.25, 0.3) is 0 Å². The van der Waals surface area contributed by atoms with Gasteiger partial charge < -0.3 is 10.6 Å². The second kappa shape index (κ2) is 6.23. The van der Waals surface area contributed by atoms with E-state index in [1.54, 1.807) is 0 Å². The van der Waals surface area contributed by atoms with E-state index < -0.39 is 0 Å². The number of nitrogens with zero attached hydrogens (tertiary/aromatic N) is 3. The third-order valence-electron chi connectivity index (χ3n) is 2.41. The summed E-state index contributed by atoms with van der Waals surface area (Å²) in [5, 5.41) is 0. The summed E-state index contributed by atoms with van der Waals surface area (Å²) >= 11 is 0. The molecule has 1 aromatic heterocycles. The number of anilines is 1. The molecule has 0 aromatic carbocycles. The van der Waals surface area contributed by atoms with Gasteiger partial charge >= 0.3 is 0 Å². The van der Waals surface area contributed by atoms with E-state index in [4.69, 9.17) is 5.73 Å². The summed E-state index contributed by atoms with van der Waals surface area (Å²) in [4.78, 5) is 10.9. The molecule has 4 nitrogen and oxygen atoms in total. The molecule has 0 saturated heterocycles. The van der Waals surface area contributed by atoms with Crippen molar-refractivity contribution in [1.29, 1.82) is 0 Å². The highest BCUT2D eigenvalue weighted by Crippen LogP contribution is 2.11. The molecule has 0 bridgehead atoms. The average molecular weight is 220 g/mol. The van der Waals surface area contributed by atoms with Crippen molar-refractivity contribution in [1.82, 2.24) is 9.97 Å². The van der Waals surface area contributed by atoms with Crippen LogP contribution >= 0.6 is 0 Å². The fourth-order valence-electron chi connectivity index (χ4n) is 1.53. The van der Waals surface area contributed by atoms with Gasteiger partial charge in [0, 0.05) is 37.1 Å². The number of hydrogen-bond acceptors (Lipinski definition) is 4. The number of rotatable bonds is 6. The summed E-state index contributed by atoms with van der Waals surface area (Å²) in [7, 11) is 0. The van der Waals surface area contributed by atoms with Gasteiger partial charge in [-0.2, -0.15) is 0 Å². The smallest absolute Gasteiger partial charge is 0.225 e. The van der Waals surface area contributed by atoms with E-state index in [0.29, 0.717) is 6.54 Å². The summed E-state index contributed by atoms with van der Waals surface area (Å²) in [6, 6.07) is 0. The lowest BCUT2D eigenvalue weighted by molar-refractivity contribution is 0.777. The van der Waals surface area contributed by atoms with Crippen LogP contribution in [0.4, 0.5) is 5.95 Å². The first-order chi connectivity index (χ1) is 7.72. The molecule has 0 amide bonds. The summed E-state index contributed by atoms with van der Waals surface area (Å²) in [6.07, 6.45) is 4.74. The Balaban J connectivity index is 2.91. The zero-order valence-electron chi connectivity index (χ0n) is 10.1. The molecule has 0 aliphatic heterocycles. The van der Waals surface area contributed by atoms with Crippen molar-refractivity contribution < 1.29 is 0 Å². The standard InChI is InChI=1S/C12H20N4/c1-4-6-16(7-5-2)12-14-9-11(8-13)10(3)15-12/h4,9H,1,5-8,13H2,2-3H3. The Hall–Kier alpha value is -1.42. The van der Waals surface area contributed by atoms with Crippen molar-refractivity contribution in [3.05, 3.63) is 30.1 Å². The van der Waals surface area contributed by atoms with Gasteiger partial charge in [0.25, 0.3) is 0 Å². The minimum Gasteiger partial charge on any atom is -0.337 e. The van der Waals surface area contributed by atoms with Crippen LogP contribution in [0.2, 0.25) is 0 Å². The second-order valence-electron chi connectivity index (χ2n) is 3.72. The highest BCUT2D eigenvalue weighted by molar-refractivity contribution is 5.33. The van der Waals surface area contributed by atoms with Crippen molar-refractivity contribution in [3.63, 3.8) is 0 Å². The van der Waals surface area contributed by atoms with Crippen molar-refractivity contribution in [2.45, 2.75) is 26.8 Å². The lowest BCUT2D eigenvalue weighted by Crippen LogP contribution is -2.26. The maximum absolute atomic E-state index is 5.58. The molecule has 0 fully saturated rings. The third-order valence-corrected chi connectivity index (χ3v) is 2.41. The molecule has 0 atom stereocenters. The second-order valence-corrected chi connectivity index (χ2v) is 3.72. The lowest BCUT2D eigenvalue weighted by Gasteiger charge is -2.20. The molecule has 0 unspecified atom stereocenters. The Bertz CT molecular complexity index is 349. The van der Waals surface area contributed by atoms with Gasteiger partial charge in [0.05, 0.1) is 0 Å². The molecule has 0 aliphatic carbocycles. The highest BCUT2D eigenvalue weighted by atomic mass is 15.2. The Morgan fingerprint density at radius 3 is 2.81 bits per heavy atom. The highest BCUT2D eigenvalue weighted by Gasteiger charge is 2.08. The van der Waals surface area contributed by atoms with E-state index in [9.17, 15) is 0 Å². The van der Waals surface area contributed by atoms with Crippen molar-refractivity contribution in [2.24, 2.45) is 5.73 Å². The Labute approximate surface area is 97.2 Å². The van der Waals surface area contributed by atoms with Crippen molar-refractivity contribution in [3.8, 4) is 0 Å². The van der Waals surface area contributed by atoms with E-state index in [1.165, 1.54) is 0 Å². The van der Waals surface area contributed by atoms with E-state index in [-0.39, 0.29) is 0 Å². The molecule has 0 aliphatic rings. The van der Waals surface area contributed by atoms with Gasteiger partial charge in [0.2, 0.25) is 5.95 Å². The molecule has 1 rings (SSSR count). The number of hydrogen-bond donors (Lipinski definition) is 1. The van der Waals surface area contributed by atoms with Crippen LogP contribution < -0.4 is 10.6 Å². The number of aryl methyl sites for hydroxylation is 1. The number of nitrogens with two attached hydrogens (primary N) is 1. The van der Waals surface area contributed by atoms with E-state index >= 15 is 0 Å². The predicted octanol–water partition coefficient (Wildman–Crippen LogP) is 1.65. The fourth-order valence-corrected chi connectivity index (χ4v) is 1.53. The maximum atomic E-state index is 5.58. The first kappa shape index (κ1) is 12.6. The van der Waals surface area contributed by atoms with Gasteiger partial charge in [-0.1, -0.05) is 13.0 Å². The average Bonchev–Trinajstić information content (AvgIpc) is 2.28. The van der Waals surface area contributed by atoms with Crippen molar-refractivity contribution >= 4 is 5.95 Å². The minimum absolute atomic E-state index is 0.487. The summed E-state index contributed by atoms with van der Waals surface area (Å²) in [6.45, 7) is 10.0. The Morgan fingerprint density at radius 2 is 2.31 bits per heavy atom. The van der Waals surface area contributed by atoms with Gasteiger partial charge in [-0.05, 0) is 13.3 Å². The van der Waals surface area contributed by atoms with Gasteiger partial charge in [0.15, 0.2) is 0 Å². The molecule has 0 spiro atoms. The van der Waals surface area contributed by atoms with Crippen LogP contribution in [0.1, 0.15) is 24.6 Å². The van der Waals surface area contributed by atoms with Crippen LogP contribution in [0.3, 0.4) is 0 Å². The zero-order valence-corrected chi connectivity index (χ0v) is 10.1. The predicted molar refractivity (Wildman–Crippen MR) is 67.4 cm³/mol. The molecule has 1 aromatic rings. The van der Waals surface area contributed by atoms with Crippen LogP contribution in [0.5, 0.6) is 0 Å². The van der Waals surface area contributed by atoms with Crippen LogP contribution in [0, 0.1) is 6.92 Å². The van der Waals surface area contributed by atoms with E-state index in [2.05, 4.69) is 28.4 Å². The maximum Gasteiger partial charge on any atom is 0.225 e. The van der Waals surface area contributed by atoms with Gasteiger partial charge in [-0.15, -0.1) is 6.58 Å². The topological polar surface area (TPSA) is 55.0 Å². The molecule has 88 valence electrons. The number of aromatic nitrogens is 2. The Morgan fingerprint density at radius 1 is 1.56 bits per heavy atom. The molecule has 16 heavy (non-hydrogen) atoms. The molecular formula is C12H20N4. The molecule has 4 heteroatoms. The largest absolute Gasteiger partial charge is 0.337 e. The lowest BCUT2D eigenvalue weighted by atomic mass is 10.2. The van der Waals surface area contributed by atoms with Crippen LogP contribution in [-0.4, -0.2) is 23.1 Å². The molecule has 0 radical (unpaired) electrons. The molecule has 1 heterocycles. The SMILES string of the molecule is C=CCN(CCC)c1ncc(CN)c(C)n1. The van der Waals surface area contributed by atoms with Gasteiger partial charge in [-0.25, -0.2) is 9.97 Å². The first-order valence-electron chi connectivity index (χ1n) is 5.61. The molecule has 0 saturated carbocycles.